The van der Waals surface area contributed by atoms with E-state index in [1.54, 1.807) is 21.7 Å². The first kappa shape index (κ1) is 17.5. The minimum absolute atomic E-state index is 0.0955. The van der Waals surface area contributed by atoms with Crippen LogP contribution in [0.1, 0.15) is 23.1 Å². The number of nitrogens with zero attached hydrogens (tertiary/aromatic N) is 5. The van der Waals surface area contributed by atoms with Gasteiger partial charge in [-0.2, -0.15) is 0 Å². The first-order valence-corrected chi connectivity index (χ1v) is 8.61. The van der Waals surface area contributed by atoms with Crippen LogP contribution in [0.25, 0.3) is 11.4 Å². The molecule has 2 aromatic heterocycles. The molecule has 0 radical (unpaired) electrons. The van der Waals surface area contributed by atoms with Gasteiger partial charge in [0, 0.05) is 31.5 Å². The molecule has 0 saturated carbocycles. The van der Waals surface area contributed by atoms with Crippen LogP contribution in [0, 0.1) is 11.6 Å². The fourth-order valence-electron chi connectivity index (χ4n) is 3.10. The van der Waals surface area contributed by atoms with Crippen molar-refractivity contribution in [3.63, 3.8) is 0 Å². The third kappa shape index (κ3) is 3.28. The number of fused-ring (bicyclic) bond motifs is 1. The van der Waals surface area contributed by atoms with Crippen LogP contribution in [-0.4, -0.2) is 36.4 Å². The van der Waals surface area contributed by atoms with Crippen molar-refractivity contribution in [1.29, 1.82) is 0 Å². The van der Waals surface area contributed by atoms with Gasteiger partial charge in [-0.1, -0.05) is 6.07 Å². The van der Waals surface area contributed by atoms with E-state index in [9.17, 15) is 13.6 Å². The number of hydrogen-bond donors (Lipinski definition) is 0. The Hall–Kier alpha value is -2.87. The standard InChI is InChI=1S/C18H14ClF2N5O/c1-10-7-25-9-15(14-4-5-22-18(19)24-14)23-16(25)17(27)26(10)8-11-2-3-12(20)13(21)6-11/h2-6,9-10H,7-8H2,1H3/t10-/m0/s1. The molecule has 1 aromatic carbocycles. The number of hydrogen-bond acceptors (Lipinski definition) is 4. The lowest BCUT2D eigenvalue weighted by molar-refractivity contribution is 0.0587. The molecule has 0 N–H and O–H groups in total. The highest BCUT2D eigenvalue weighted by molar-refractivity contribution is 6.28. The number of benzene rings is 1. The molecule has 1 atom stereocenters. The van der Waals surface area contributed by atoms with Crippen molar-refractivity contribution in [3.05, 3.63) is 65.0 Å². The SMILES string of the molecule is C[C@H]1Cn2cc(-c3ccnc(Cl)n3)nc2C(=O)N1Cc1ccc(F)c(F)c1. The molecule has 3 heterocycles. The van der Waals surface area contributed by atoms with Crippen LogP contribution >= 0.6 is 11.6 Å². The van der Waals surface area contributed by atoms with Gasteiger partial charge in [-0.15, -0.1) is 0 Å². The van der Waals surface area contributed by atoms with Gasteiger partial charge in [-0.3, -0.25) is 4.79 Å². The van der Waals surface area contributed by atoms with Gasteiger partial charge in [0.2, 0.25) is 5.28 Å². The Kier molecular flexibility index (Phi) is 4.35. The number of aromatic nitrogens is 4. The monoisotopic (exact) mass is 389 g/mol. The summed E-state index contributed by atoms with van der Waals surface area (Å²) in [5.41, 5.74) is 1.55. The van der Waals surface area contributed by atoms with Crippen LogP contribution in [0.5, 0.6) is 0 Å². The molecule has 0 spiro atoms. The Balaban J connectivity index is 1.64. The third-order valence-electron chi connectivity index (χ3n) is 4.45. The van der Waals surface area contributed by atoms with Crippen LogP contribution in [-0.2, 0) is 13.1 Å². The molecule has 1 aliphatic rings. The van der Waals surface area contributed by atoms with E-state index < -0.39 is 11.6 Å². The maximum Gasteiger partial charge on any atom is 0.290 e. The van der Waals surface area contributed by atoms with Crippen LogP contribution < -0.4 is 0 Å². The Morgan fingerprint density at radius 2 is 2.00 bits per heavy atom. The van der Waals surface area contributed by atoms with Crippen molar-refractivity contribution >= 4 is 17.5 Å². The molecule has 1 amide bonds. The number of halogens is 3. The maximum atomic E-state index is 13.5. The van der Waals surface area contributed by atoms with Crippen molar-refractivity contribution in [2.24, 2.45) is 0 Å². The molecule has 3 aromatic rings. The zero-order valence-corrected chi connectivity index (χ0v) is 15.0. The van der Waals surface area contributed by atoms with Gasteiger partial charge < -0.3 is 9.47 Å². The van der Waals surface area contributed by atoms with Crippen LogP contribution in [0.3, 0.4) is 0 Å². The maximum absolute atomic E-state index is 13.5. The molecule has 0 bridgehead atoms. The van der Waals surface area contributed by atoms with Gasteiger partial charge in [0.05, 0.1) is 5.69 Å². The Morgan fingerprint density at radius 3 is 2.74 bits per heavy atom. The van der Waals surface area contributed by atoms with E-state index in [2.05, 4.69) is 15.0 Å². The number of carbonyl (C=O) groups excluding carboxylic acids is 1. The average Bonchev–Trinajstić information content (AvgIpc) is 3.06. The summed E-state index contributed by atoms with van der Waals surface area (Å²) >= 11 is 5.82. The minimum Gasteiger partial charge on any atom is -0.327 e. The summed E-state index contributed by atoms with van der Waals surface area (Å²) in [5, 5.41) is 0.0955. The lowest BCUT2D eigenvalue weighted by atomic mass is 10.1. The van der Waals surface area contributed by atoms with Crippen LogP contribution in [0.15, 0.2) is 36.7 Å². The highest BCUT2D eigenvalue weighted by atomic mass is 35.5. The minimum atomic E-state index is -0.936. The van der Waals surface area contributed by atoms with E-state index in [0.717, 1.165) is 12.1 Å². The molecule has 27 heavy (non-hydrogen) atoms. The predicted molar refractivity (Wildman–Crippen MR) is 94.0 cm³/mol. The summed E-state index contributed by atoms with van der Waals surface area (Å²) in [7, 11) is 0. The number of carbonyl (C=O) groups is 1. The molecule has 0 unspecified atom stereocenters. The summed E-state index contributed by atoms with van der Waals surface area (Å²) < 4.78 is 28.4. The van der Waals surface area contributed by atoms with Gasteiger partial charge >= 0.3 is 0 Å². The zero-order chi connectivity index (χ0) is 19.1. The largest absolute Gasteiger partial charge is 0.327 e. The van der Waals surface area contributed by atoms with Crippen molar-refractivity contribution in [3.8, 4) is 11.4 Å². The number of amides is 1. The average molecular weight is 390 g/mol. The van der Waals surface area contributed by atoms with Gasteiger partial charge in [-0.05, 0) is 42.3 Å². The Labute approximate surface area is 158 Å². The summed E-state index contributed by atoms with van der Waals surface area (Å²) in [4.78, 5) is 26.8. The second-order valence-corrected chi connectivity index (χ2v) is 6.68. The van der Waals surface area contributed by atoms with Gasteiger partial charge in [0.1, 0.15) is 5.69 Å². The van der Waals surface area contributed by atoms with Gasteiger partial charge in [-0.25, -0.2) is 23.7 Å². The van der Waals surface area contributed by atoms with E-state index in [-0.39, 0.29) is 29.6 Å². The molecule has 0 fully saturated rings. The van der Waals surface area contributed by atoms with Crippen molar-refractivity contribution in [1.82, 2.24) is 24.4 Å². The smallest absolute Gasteiger partial charge is 0.290 e. The predicted octanol–water partition coefficient (Wildman–Crippen LogP) is 3.32. The molecule has 9 heteroatoms. The van der Waals surface area contributed by atoms with E-state index in [0.29, 0.717) is 23.5 Å². The number of rotatable bonds is 3. The fourth-order valence-corrected chi connectivity index (χ4v) is 3.25. The Morgan fingerprint density at radius 1 is 1.19 bits per heavy atom. The van der Waals surface area contributed by atoms with E-state index >= 15 is 0 Å². The van der Waals surface area contributed by atoms with Gasteiger partial charge in [0.15, 0.2) is 17.5 Å². The molecular weight excluding hydrogens is 376 g/mol. The number of imidazole rings is 1. The summed E-state index contributed by atoms with van der Waals surface area (Å²) in [6.45, 7) is 2.58. The van der Waals surface area contributed by atoms with Crippen molar-refractivity contribution in [2.75, 3.05) is 0 Å². The van der Waals surface area contributed by atoms with Crippen LogP contribution in [0.4, 0.5) is 8.78 Å². The molecule has 0 saturated heterocycles. The highest BCUT2D eigenvalue weighted by Crippen LogP contribution is 2.24. The van der Waals surface area contributed by atoms with E-state index in [1.807, 2.05) is 6.92 Å². The molecule has 6 nitrogen and oxygen atoms in total. The Bertz CT molecular complexity index is 1040. The normalized spacial score (nSPS) is 16.5. The highest BCUT2D eigenvalue weighted by Gasteiger charge is 2.32. The molecule has 0 aliphatic carbocycles. The zero-order valence-electron chi connectivity index (χ0n) is 14.2. The van der Waals surface area contributed by atoms with E-state index in [1.165, 1.54) is 12.3 Å². The molecule has 138 valence electrons. The van der Waals surface area contributed by atoms with Crippen molar-refractivity contribution < 1.29 is 13.6 Å². The molecule has 1 aliphatic heterocycles. The fraction of sp³-hybridized carbons (Fsp3) is 0.222. The summed E-state index contributed by atoms with van der Waals surface area (Å²) in [6, 6.07) is 5.14. The third-order valence-corrected chi connectivity index (χ3v) is 4.63. The lowest BCUT2D eigenvalue weighted by Gasteiger charge is -2.33. The van der Waals surface area contributed by atoms with Crippen molar-refractivity contribution in [2.45, 2.75) is 26.1 Å². The van der Waals surface area contributed by atoms with E-state index in [4.69, 9.17) is 11.6 Å². The second kappa shape index (κ2) is 6.70. The first-order chi connectivity index (χ1) is 12.9. The first-order valence-electron chi connectivity index (χ1n) is 8.23. The quantitative estimate of drug-likeness (QED) is 0.645. The van der Waals surface area contributed by atoms with Gasteiger partial charge in [0.25, 0.3) is 5.91 Å². The topological polar surface area (TPSA) is 63.9 Å². The second-order valence-electron chi connectivity index (χ2n) is 6.34. The summed E-state index contributed by atoms with van der Waals surface area (Å²) in [6.07, 6.45) is 3.26. The molecular formula is C18H14ClF2N5O. The lowest BCUT2D eigenvalue weighted by Crippen LogP contribution is -2.46. The molecule has 4 rings (SSSR count). The summed E-state index contributed by atoms with van der Waals surface area (Å²) in [5.74, 6) is -1.88. The van der Waals surface area contributed by atoms with Crippen LogP contribution in [0.2, 0.25) is 5.28 Å².